The van der Waals surface area contributed by atoms with Crippen molar-refractivity contribution >= 4 is 44.6 Å². The van der Waals surface area contributed by atoms with E-state index in [1.165, 1.54) is 10.9 Å². The molecule has 0 unspecified atom stereocenters. The maximum atomic E-state index is 11.7. The molecule has 0 N–H and O–H groups in total. The van der Waals surface area contributed by atoms with E-state index in [2.05, 4.69) is 57.6 Å². The number of halogens is 1. The van der Waals surface area contributed by atoms with Gasteiger partial charge in [-0.1, -0.05) is 107 Å². The Balaban J connectivity index is 1.91. The van der Waals surface area contributed by atoms with Gasteiger partial charge in [0.05, 0.1) is 12.3 Å². The molecule has 0 saturated carbocycles. The third-order valence-electron chi connectivity index (χ3n) is 5.28. The van der Waals surface area contributed by atoms with Crippen LogP contribution in [0.3, 0.4) is 0 Å². The Morgan fingerprint density at radius 3 is 1.73 bits per heavy atom. The Bertz CT molecular complexity index is 1340. The van der Waals surface area contributed by atoms with Gasteiger partial charge < -0.3 is 9.63 Å². The van der Waals surface area contributed by atoms with Crippen molar-refractivity contribution in [3.63, 3.8) is 0 Å². The molecule has 33 heavy (non-hydrogen) atoms. The van der Waals surface area contributed by atoms with Gasteiger partial charge in [0.1, 0.15) is 11.6 Å². The Hall–Kier alpha value is -3.47. The van der Waals surface area contributed by atoms with E-state index in [0.29, 0.717) is 11.4 Å². The molecule has 0 aliphatic rings. The Morgan fingerprint density at radius 1 is 0.758 bits per heavy atom. The quantitative estimate of drug-likeness (QED) is 0.254. The van der Waals surface area contributed by atoms with E-state index in [-0.39, 0.29) is 0 Å². The first-order valence-electron chi connectivity index (χ1n) is 10.3. The normalized spacial score (nSPS) is 11.3. The lowest BCUT2D eigenvalue weighted by Gasteiger charge is -2.26. The zero-order valence-electron chi connectivity index (χ0n) is 17.5. The SMILES string of the molecule is [O-]c1c[n+](-c2cc(Br)ccc2N=P(c2ccccc2)(c2ccccc2)c2ccccc2)no1. The predicted octanol–water partition coefficient (Wildman–Crippen LogP) is 4.60. The lowest BCUT2D eigenvalue weighted by Crippen LogP contribution is -2.32. The first kappa shape index (κ1) is 21.4. The van der Waals surface area contributed by atoms with Gasteiger partial charge in [0, 0.05) is 26.5 Å². The van der Waals surface area contributed by atoms with Crippen molar-refractivity contribution in [3.05, 3.63) is 120 Å². The van der Waals surface area contributed by atoms with Crippen LogP contribution in [0.25, 0.3) is 5.69 Å². The Kier molecular flexibility index (Phi) is 5.95. The molecule has 0 bridgehead atoms. The van der Waals surface area contributed by atoms with E-state index >= 15 is 0 Å². The molecule has 0 aliphatic carbocycles. The van der Waals surface area contributed by atoms with Crippen LogP contribution >= 0.6 is 23.0 Å². The highest BCUT2D eigenvalue weighted by molar-refractivity contribution is 9.10. The molecule has 1 aromatic heterocycles. The van der Waals surface area contributed by atoms with Crippen molar-refractivity contribution in [3.8, 4) is 11.6 Å². The minimum Gasteiger partial charge on any atom is -0.539 e. The standard InChI is InChI=1S/C26H19BrN3O2P/c27-20-16-17-24(25(18-20)30-19-26(31)32-29-30)28-33(21-10-4-1-5-11-21,22-12-6-2-7-13-22)23-14-8-3-9-15-23/h1-19H. The molecule has 5 rings (SSSR count). The summed E-state index contributed by atoms with van der Waals surface area (Å²) in [5, 5.41) is 19.0. The Morgan fingerprint density at radius 2 is 1.27 bits per heavy atom. The van der Waals surface area contributed by atoms with E-state index in [1.807, 2.05) is 72.8 Å². The summed E-state index contributed by atoms with van der Waals surface area (Å²) in [5.74, 6) is -0.517. The second-order valence-corrected chi connectivity index (χ2v) is 11.3. The molecule has 1 heterocycles. The minimum absolute atomic E-state index is 0.517. The van der Waals surface area contributed by atoms with Crippen molar-refractivity contribution < 1.29 is 14.3 Å². The molecule has 5 nitrogen and oxygen atoms in total. The average molecular weight is 516 g/mol. The fourth-order valence-electron chi connectivity index (χ4n) is 3.82. The highest BCUT2D eigenvalue weighted by Gasteiger charge is 2.29. The maximum Gasteiger partial charge on any atom is 0.265 e. The number of nitrogens with zero attached hydrogens (tertiary/aromatic N) is 3. The van der Waals surface area contributed by atoms with E-state index in [4.69, 9.17) is 9.27 Å². The summed E-state index contributed by atoms with van der Waals surface area (Å²) < 4.78 is 12.6. The first-order chi connectivity index (χ1) is 16.2. The summed E-state index contributed by atoms with van der Waals surface area (Å²) in [5.41, 5.74) is 1.36. The molecule has 5 aromatic rings. The molecule has 0 radical (unpaired) electrons. The van der Waals surface area contributed by atoms with Crippen molar-refractivity contribution in [2.45, 2.75) is 0 Å². The summed E-state index contributed by atoms with van der Waals surface area (Å²) >= 11 is 3.53. The van der Waals surface area contributed by atoms with Crippen LogP contribution in [0.2, 0.25) is 0 Å². The molecule has 0 aliphatic heterocycles. The monoisotopic (exact) mass is 515 g/mol. The maximum absolute atomic E-state index is 11.7. The van der Waals surface area contributed by atoms with Crippen LogP contribution in [0.5, 0.6) is 5.95 Å². The van der Waals surface area contributed by atoms with Gasteiger partial charge in [-0.05, 0) is 16.8 Å². The number of hydrogen-bond acceptors (Lipinski definition) is 4. The van der Waals surface area contributed by atoms with Crippen molar-refractivity contribution in [1.82, 2.24) is 5.27 Å². The zero-order valence-corrected chi connectivity index (χ0v) is 19.9. The number of rotatable bonds is 5. The third-order valence-corrected chi connectivity index (χ3v) is 9.42. The van der Waals surface area contributed by atoms with Gasteiger partial charge in [0.2, 0.25) is 6.20 Å². The van der Waals surface area contributed by atoms with Gasteiger partial charge in [-0.15, -0.1) is 0 Å². The molecular weight excluding hydrogens is 497 g/mol. The average Bonchev–Trinajstić information content (AvgIpc) is 3.31. The van der Waals surface area contributed by atoms with Crippen molar-refractivity contribution in [2.75, 3.05) is 0 Å². The lowest BCUT2D eigenvalue weighted by atomic mass is 10.3. The predicted molar refractivity (Wildman–Crippen MR) is 132 cm³/mol. The van der Waals surface area contributed by atoms with Crippen LogP contribution in [-0.2, 0) is 0 Å². The fraction of sp³-hybridized carbons (Fsp3) is 0. The molecule has 0 fully saturated rings. The molecule has 4 aromatic carbocycles. The van der Waals surface area contributed by atoms with E-state index in [0.717, 1.165) is 20.4 Å². The molecule has 0 amide bonds. The second kappa shape index (κ2) is 9.18. The Labute approximate surface area is 200 Å². The van der Waals surface area contributed by atoms with Crippen LogP contribution in [-0.4, -0.2) is 5.27 Å². The zero-order chi connectivity index (χ0) is 22.7. The molecule has 0 saturated heterocycles. The van der Waals surface area contributed by atoms with E-state index in [9.17, 15) is 5.11 Å². The summed E-state index contributed by atoms with van der Waals surface area (Å²) in [6.07, 6.45) is 1.31. The van der Waals surface area contributed by atoms with E-state index < -0.39 is 13.0 Å². The van der Waals surface area contributed by atoms with E-state index in [1.54, 1.807) is 0 Å². The van der Waals surface area contributed by atoms with Gasteiger partial charge in [-0.2, -0.15) is 0 Å². The largest absolute Gasteiger partial charge is 0.539 e. The van der Waals surface area contributed by atoms with Crippen LogP contribution in [0, 0.1) is 0 Å². The van der Waals surface area contributed by atoms with Crippen molar-refractivity contribution in [2.24, 2.45) is 4.74 Å². The van der Waals surface area contributed by atoms with Gasteiger partial charge >= 0.3 is 0 Å². The fourth-order valence-corrected chi connectivity index (χ4v) is 7.72. The van der Waals surface area contributed by atoms with Gasteiger partial charge in [-0.3, -0.25) is 0 Å². The number of benzene rings is 4. The summed E-state index contributed by atoms with van der Waals surface area (Å²) in [6.45, 7) is 0. The van der Waals surface area contributed by atoms with Crippen LogP contribution in [0.4, 0.5) is 5.69 Å². The molecule has 162 valence electrons. The highest BCUT2D eigenvalue weighted by Crippen LogP contribution is 2.49. The van der Waals surface area contributed by atoms with Gasteiger partial charge in [0.15, 0.2) is 0 Å². The third kappa shape index (κ3) is 4.15. The number of aromatic nitrogens is 2. The molecule has 7 heteroatoms. The number of hydrogen-bond donors (Lipinski definition) is 0. The molecule has 0 spiro atoms. The molecular formula is C26H19BrN3O2P. The van der Waals surface area contributed by atoms with Gasteiger partial charge in [-0.25, -0.2) is 4.74 Å². The summed E-state index contributed by atoms with van der Waals surface area (Å²) in [7, 11) is -2.47. The smallest absolute Gasteiger partial charge is 0.265 e. The van der Waals surface area contributed by atoms with Crippen LogP contribution in [0.1, 0.15) is 0 Å². The second-order valence-electron chi connectivity index (χ2n) is 7.34. The summed E-state index contributed by atoms with van der Waals surface area (Å²) in [6, 6.07) is 36.9. The highest BCUT2D eigenvalue weighted by atomic mass is 79.9. The molecule has 0 atom stereocenters. The van der Waals surface area contributed by atoms with Crippen LogP contribution < -0.4 is 25.7 Å². The van der Waals surface area contributed by atoms with Crippen molar-refractivity contribution in [1.29, 1.82) is 0 Å². The topological polar surface area (TPSA) is 65.3 Å². The lowest BCUT2D eigenvalue weighted by molar-refractivity contribution is -0.669. The first-order valence-corrected chi connectivity index (χ1v) is 12.8. The summed E-state index contributed by atoms with van der Waals surface area (Å²) in [4.78, 5) is 0. The van der Waals surface area contributed by atoms with Crippen LogP contribution in [0.15, 0.2) is 129 Å². The minimum atomic E-state index is -2.47. The van der Waals surface area contributed by atoms with Gasteiger partial charge in [0.25, 0.3) is 5.69 Å².